The van der Waals surface area contributed by atoms with Crippen molar-refractivity contribution in [3.05, 3.63) is 391 Å². The molecule has 0 atom stereocenters. The van der Waals surface area contributed by atoms with Gasteiger partial charge in [-0.2, -0.15) is 0 Å². The summed E-state index contributed by atoms with van der Waals surface area (Å²) in [5.74, 6) is 0. The molecule has 111 heavy (non-hydrogen) atoms. The fourth-order valence-corrected chi connectivity index (χ4v) is 17.4. The van der Waals surface area contributed by atoms with Gasteiger partial charge in [-0.25, -0.2) is 0 Å². The fraction of sp³-hybridized carbons (Fsp3) is 0.0588. The minimum Gasteiger partial charge on any atom is -0.456 e. The molecule has 2 aliphatic heterocycles. The molecule has 6 heterocycles. The fourth-order valence-electron chi connectivity index (χ4n) is 17.0. The highest BCUT2D eigenvalue weighted by molar-refractivity contribution is 9.10. The van der Waals surface area contributed by atoms with Gasteiger partial charge in [0.1, 0.15) is 44.7 Å². The van der Waals surface area contributed by atoms with E-state index in [0.717, 1.165) is 149 Å². The number of halogens is 1. The van der Waals surface area contributed by atoms with Crippen LogP contribution in [-0.2, 0) is 10.8 Å². The highest BCUT2D eigenvalue weighted by atomic mass is 79.9. The van der Waals surface area contributed by atoms with Crippen molar-refractivity contribution in [2.24, 2.45) is 0 Å². The van der Waals surface area contributed by atoms with E-state index in [1.54, 1.807) is 0 Å². The Morgan fingerprint density at radius 2 is 0.604 bits per heavy atom. The zero-order valence-corrected chi connectivity index (χ0v) is 63.1. The first kappa shape index (κ1) is 66.8. The number of anilines is 11. The third-order valence-electron chi connectivity index (χ3n) is 22.4. The van der Waals surface area contributed by atoms with Gasteiger partial charge in [0.05, 0.1) is 22.7 Å². The standard InChI is InChI=1S/C51H36N2O2.C39H30N2O.C12H7BrO/c1-51(2)43-18-8-10-20-45(43)53(46-21-11-9-19-44(46)51)37-31-40(50-42(32-37)39-17-7-13-23-48(39)55-50)33-24-26-35(27-25-33)52(34-14-4-3-5-15-34)36-28-29-49-41(30-36)38-16-6-12-22-47(38)54-49;1-39(2)33-15-7-9-17-35(33)41(36-18-10-8-16-34(36)39)29-24-31(38-32(25-29)30-14-6-11-19-37(30)42-38)26-20-22-28(23-21-26)40-27-12-4-3-5-13-27;13-8-5-6-12-10(7-8)9-3-1-2-4-11(9)14-12/h3-32H,1-2H3;3-25,40H,1-2H3;1-7H. The maximum Gasteiger partial charge on any atom is 0.143 e. The second-order valence-electron chi connectivity index (χ2n) is 29.7. The summed E-state index contributed by atoms with van der Waals surface area (Å²) in [6, 6.07) is 128. The van der Waals surface area contributed by atoms with E-state index in [2.05, 4.69) is 355 Å². The van der Waals surface area contributed by atoms with Crippen LogP contribution in [0.2, 0.25) is 0 Å². The van der Waals surface area contributed by atoms with Crippen LogP contribution >= 0.6 is 15.9 Å². The molecule has 0 aliphatic carbocycles. The monoisotopic (exact) mass is 1500 g/mol. The lowest BCUT2D eigenvalue weighted by Gasteiger charge is -2.42. The van der Waals surface area contributed by atoms with Crippen LogP contribution in [0.4, 0.5) is 62.6 Å². The zero-order valence-electron chi connectivity index (χ0n) is 61.5. The number of fused-ring (bicyclic) bond motifs is 16. The van der Waals surface area contributed by atoms with E-state index in [0.29, 0.717) is 0 Å². The minimum atomic E-state index is -0.144. The predicted molar refractivity (Wildman–Crippen MR) is 465 cm³/mol. The molecule has 0 fully saturated rings. The van der Waals surface area contributed by atoms with Crippen molar-refractivity contribution in [3.63, 3.8) is 0 Å². The van der Waals surface area contributed by atoms with Gasteiger partial charge >= 0.3 is 0 Å². The van der Waals surface area contributed by atoms with Crippen LogP contribution < -0.4 is 20.0 Å². The van der Waals surface area contributed by atoms with Gasteiger partial charge in [-0.3, -0.25) is 0 Å². The first-order chi connectivity index (χ1) is 54.4. The van der Waals surface area contributed by atoms with Gasteiger partial charge in [-0.1, -0.05) is 250 Å². The summed E-state index contributed by atoms with van der Waals surface area (Å²) in [5.41, 5.74) is 28.9. The number of hydrogen-bond acceptors (Lipinski definition) is 8. The van der Waals surface area contributed by atoms with Crippen molar-refractivity contribution in [2.75, 3.05) is 20.0 Å². The molecule has 8 nitrogen and oxygen atoms in total. The van der Waals surface area contributed by atoms with Crippen LogP contribution in [-0.4, -0.2) is 0 Å². The third-order valence-corrected chi connectivity index (χ3v) is 22.9. The quantitative estimate of drug-likeness (QED) is 0.153. The number of hydrogen-bond donors (Lipinski definition) is 1. The van der Waals surface area contributed by atoms with Gasteiger partial charge in [0.25, 0.3) is 0 Å². The van der Waals surface area contributed by atoms with Crippen LogP contribution in [0.5, 0.6) is 0 Å². The molecular weight excluding hydrogens is 1430 g/mol. The summed E-state index contributed by atoms with van der Waals surface area (Å²) in [4.78, 5) is 7.16. The van der Waals surface area contributed by atoms with Crippen molar-refractivity contribution in [1.29, 1.82) is 0 Å². The first-order valence-electron chi connectivity index (χ1n) is 37.7. The van der Waals surface area contributed by atoms with Crippen LogP contribution in [0.1, 0.15) is 49.9 Å². The predicted octanol–water partition coefficient (Wildman–Crippen LogP) is 30.2. The molecule has 1 N–H and O–H groups in total. The second kappa shape index (κ2) is 27.0. The largest absolute Gasteiger partial charge is 0.456 e. The minimum absolute atomic E-state index is 0.111. The Kier molecular flexibility index (Phi) is 16.2. The van der Waals surface area contributed by atoms with Crippen molar-refractivity contribution in [2.45, 2.75) is 38.5 Å². The van der Waals surface area contributed by atoms with Gasteiger partial charge in [-0.15, -0.1) is 0 Å². The Labute approximate surface area is 651 Å². The van der Waals surface area contributed by atoms with Gasteiger partial charge in [-0.05, 0) is 191 Å². The Balaban J connectivity index is 0.000000126. The molecule has 0 bridgehead atoms. The molecule has 16 aromatic carbocycles. The number of para-hydroxylation sites is 10. The molecule has 0 unspecified atom stereocenters. The highest BCUT2D eigenvalue weighted by Crippen LogP contribution is 2.56. The summed E-state index contributed by atoms with van der Waals surface area (Å²) < 4.78 is 26.2. The Bertz CT molecular complexity index is 6870. The Morgan fingerprint density at radius 3 is 1.06 bits per heavy atom. The number of nitrogens with zero attached hydrogens (tertiary/aromatic N) is 3. The van der Waals surface area contributed by atoms with E-state index < -0.39 is 0 Å². The van der Waals surface area contributed by atoms with Crippen LogP contribution in [0.15, 0.2) is 386 Å². The van der Waals surface area contributed by atoms with E-state index in [1.165, 1.54) is 50.4 Å². The smallest absolute Gasteiger partial charge is 0.143 e. The summed E-state index contributed by atoms with van der Waals surface area (Å²) in [6.07, 6.45) is 0. The molecular formula is C102H73BrN4O4. The second-order valence-corrected chi connectivity index (χ2v) is 30.6. The zero-order chi connectivity index (χ0) is 74.5. The van der Waals surface area contributed by atoms with Gasteiger partial charge in [0.15, 0.2) is 0 Å². The molecule has 4 aromatic heterocycles. The lowest BCUT2D eigenvalue weighted by molar-refractivity contribution is 0.631. The summed E-state index contributed by atoms with van der Waals surface area (Å²) in [7, 11) is 0. The van der Waals surface area contributed by atoms with Crippen molar-refractivity contribution < 1.29 is 17.7 Å². The topological polar surface area (TPSA) is 74.3 Å². The molecule has 20 aromatic rings. The lowest BCUT2D eigenvalue weighted by atomic mass is 9.73. The highest BCUT2D eigenvalue weighted by Gasteiger charge is 2.39. The van der Waals surface area contributed by atoms with Crippen LogP contribution in [0.25, 0.3) is 110 Å². The molecule has 532 valence electrons. The SMILES string of the molecule is Brc1ccc2oc3ccccc3c2c1.CC1(C)c2ccccc2N(c2cc(-c3ccc(N(c4ccccc4)c4ccc5oc6ccccc6c5c4)cc3)c3oc4ccccc4c3c2)c2ccccc21.CC1(C)c2ccccc2N(c2cc(-c3ccc(Nc4ccccc4)cc3)c3oc4ccccc4c3c2)c2ccccc21. The molecule has 0 saturated heterocycles. The van der Waals surface area contributed by atoms with Crippen LogP contribution in [0, 0.1) is 0 Å². The van der Waals surface area contributed by atoms with Crippen molar-refractivity contribution in [3.8, 4) is 22.3 Å². The molecule has 0 saturated carbocycles. The first-order valence-corrected chi connectivity index (χ1v) is 38.5. The van der Waals surface area contributed by atoms with E-state index in [9.17, 15) is 0 Å². The average Bonchev–Trinajstić information content (AvgIpc) is 0.868. The number of nitrogens with one attached hydrogen (secondary N) is 1. The summed E-state index contributed by atoms with van der Waals surface area (Å²) >= 11 is 3.46. The molecule has 2 aliphatic rings. The maximum atomic E-state index is 6.70. The molecule has 0 radical (unpaired) electrons. The van der Waals surface area contributed by atoms with E-state index in [1.807, 2.05) is 72.8 Å². The molecule has 0 amide bonds. The molecule has 9 heteroatoms. The Hall–Kier alpha value is -13.6. The Morgan fingerprint density at radius 1 is 0.270 bits per heavy atom. The number of furan rings is 4. The van der Waals surface area contributed by atoms with E-state index in [4.69, 9.17) is 17.7 Å². The summed E-state index contributed by atoms with van der Waals surface area (Å²) in [5, 5.41) is 12.5. The molecule has 0 spiro atoms. The number of rotatable bonds is 9. The van der Waals surface area contributed by atoms with Crippen molar-refractivity contribution >= 4 is 166 Å². The van der Waals surface area contributed by atoms with Gasteiger partial charge < -0.3 is 37.7 Å². The van der Waals surface area contributed by atoms with Crippen LogP contribution in [0.3, 0.4) is 0 Å². The number of benzene rings is 16. The average molecular weight is 1500 g/mol. The van der Waals surface area contributed by atoms with E-state index in [-0.39, 0.29) is 10.8 Å². The van der Waals surface area contributed by atoms with Crippen molar-refractivity contribution in [1.82, 2.24) is 0 Å². The van der Waals surface area contributed by atoms with Gasteiger partial charge in [0.2, 0.25) is 0 Å². The lowest BCUT2D eigenvalue weighted by Crippen LogP contribution is -2.30. The third kappa shape index (κ3) is 11.6. The maximum absolute atomic E-state index is 6.70. The summed E-state index contributed by atoms with van der Waals surface area (Å²) in [6.45, 7) is 9.31. The van der Waals surface area contributed by atoms with E-state index >= 15 is 0 Å². The molecule has 22 rings (SSSR count). The normalized spacial score (nSPS) is 13.2. The van der Waals surface area contributed by atoms with Gasteiger partial charge in [0, 0.05) is 109 Å².